The highest BCUT2D eigenvalue weighted by Crippen LogP contribution is 2.45. The van der Waals surface area contributed by atoms with Gasteiger partial charge in [-0.25, -0.2) is 0 Å². The molecule has 1 aliphatic heterocycles. The molecule has 7 nitrogen and oxygen atoms in total. The van der Waals surface area contributed by atoms with Gasteiger partial charge in [0.05, 0.1) is 37.0 Å². The van der Waals surface area contributed by atoms with Gasteiger partial charge in [-0.2, -0.15) is 0 Å². The third kappa shape index (κ3) is 5.03. The van der Waals surface area contributed by atoms with Gasteiger partial charge in [0, 0.05) is 11.8 Å². The van der Waals surface area contributed by atoms with Gasteiger partial charge in [-0.3, -0.25) is 14.5 Å². The average Bonchev–Trinajstić information content (AvgIpc) is 3.15. The molecular weight excluding hydrogens is 470 g/mol. The zero-order chi connectivity index (χ0) is 26.5. The summed E-state index contributed by atoms with van der Waals surface area (Å²) in [6.45, 7) is 8.73. The van der Waals surface area contributed by atoms with E-state index in [2.05, 4.69) is 0 Å². The maximum absolute atomic E-state index is 13.5. The molecule has 1 fully saturated rings. The summed E-state index contributed by atoms with van der Waals surface area (Å²) in [7, 11) is 0. The zero-order valence-corrected chi connectivity index (χ0v) is 21.5. The Morgan fingerprint density at radius 2 is 1.51 bits per heavy atom. The van der Waals surface area contributed by atoms with Gasteiger partial charge in [-0.05, 0) is 69.2 Å². The highest BCUT2D eigenvalue weighted by molar-refractivity contribution is 6.51. The van der Waals surface area contributed by atoms with Crippen molar-refractivity contribution in [1.29, 1.82) is 0 Å². The number of hydrogen-bond donors (Lipinski definition) is 1. The number of hydrogen-bond acceptors (Lipinski definition) is 6. The SMILES string of the molecule is CCOc1cccc(C2/C(=C(\O)c3ccc(OCC)cc3OCC)C(=O)C(=O)N2c2ccccc2C)c1. The Morgan fingerprint density at radius 3 is 2.19 bits per heavy atom. The normalized spacial score (nSPS) is 16.6. The Hall–Kier alpha value is -4.26. The number of aryl methyl sites for hydroxylation is 1. The first-order chi connectivity index (χ1) is 17.9. The van der Waals surface area contributed by atoms with Crippen LogP contribution in [0.1, 0.15) is 43.5 Å². The minimum absolute atomic E-state index is 0.0213. The number of aliphatic hydroxyl groups excluding tert-OH is 1. The van der Waals surface area contributed by atoms with E-state index in [1.165, 1.54) is 4.90 Å². The predicted octanol–water partition coefficient (Wildman–Crippen LogP) is 5.82. The van der Waals surface area contributed by atoms with Crippen molar-refractivity contribution in [2.24, 2.45) is 0 Å². The van der Waals surface area contributed by atoms with Crippen LogP contribution in [0, 0.1) is 6.92 Å². The van der Waals surface area contributed by atoms with Crippen molar-refractivity contribution in [1.82, 2.24) is 0 Å². The fourth-order valence-corrected chi connectivity index (χ4v) is 4.55. The van der Waals surface area contributed by atoms with E-state index in [1.807, 2.05) is 58.0 Å². The molecule has 1 N–H and O–H groups in total. The van der Waals surface area contributed by atoms with Crippen molar-refractivity contribution in [3.05, 3.63) is 89.0 Å². The quantitative estimate of drug-likeness (QED) is 0.226. The molecular formula is C30H31NO6. The molecule has 0 aliphatic carbocycles. The fourth-order valence-electron chi connectivity index (χ4n) is 4.55. The van der Waals surface area contributed by atoms with Crippen LogP contribution in [0.3, 0.4) is 0 Å². The number of Topliss-reactive ketones (excluding diaryl/α,β-unsaturated/α-hetero) is 1. The lowest BCUT2D eigenvalue weighted by atomic mass is 9.94. The number of amides is 1. The molecule has 1 amide bonds. The number of benzene rings is 3. The summed E-state index contributed by atoms with van der Waals surface area (Å²) in [5.41, 5.74) is 2.34. The van der Waals surface area contributed by atoms with Crippen molar-refractivity contribution in [2.75, 3.05) is 24.7 Å². The average molecular weight is 502 g/mol. The van der Waals surface area contributed by atoms with Gasteiger partial charge in [0.25, 0.3) is 11.7 Å². The molecule has 0 spiro atoms. The number of rotatable bonds is 9. The summed E-state index contributed by atoms with van der Waals surface area (Å²) >= 11 is 0. The summed E-state index contributed by atoms with van der Waals surface area (Å²) in [5.74, 6) is -0.270. The second-order valence-corrected chi connectivity index (χ2v) is 8.49. The number of para-hydroxylation sites is 1. The van der Waals surface area contributed by atoms with Crippen molar-refractivity contribution >= 4 is 23.1 Å². The van der Waals surface area contributed by atoms with Crippen LogP contribution in [0.5, 0.6) is 17.2 Å². The van der Waals surface area contributed by atoms with E-state index in [0.29, 0.717) is 53.9 Å². The number of nitrogens with zero attached hydrogens (tertiary/aromatic N) is 1. The summed E-state index contributed by atoms with van der Waals surface area (Å²) in [4.78, 5) is 28.5. The number of aliphatic hydroxyl groups is 1. The van der Waals surface area contributed by atoms with Crippen molar-refractivity contribution < 1.29 is 28.9 Å². The lowest BCUT2D eigenvalue weighted by molar-refractivity contribution is -0.132. The Bertz CT molecular complexity index is 1350. The van der Waals surface area contributed by atoms with E-state index in [4.69, 9.17) is 14.2 Å². The van der Waals surface area contributed by atoms with E-state index in [1.54, 1.807) is 36.4 Å². The maximum atomic E-state index is 13.5. The van der Waals surface area contributed by atoms with Crippen LogP contribution in [0.4, 0.5) is 5.69 Å². The number of carbonyl (C=O) groups is 2. The van der Waals surface area contributed by atoms with Gasteiger partial charge >= 0.3 is 0 Å². The van der Waals surface area contributed by atoms with E-state index in [0.717, 1.165) is 5.56 Å². The van der Waals surface area contributed by atoms with Crippen LogP contribution >= 0.6 is 0 Å². The van der Waals surface area contributed by atoms with Crippen LogP contribution < -0.4 is 19.1 Å². The van der Waals surface area contributed by atoms with Gasteiger partial charge < -0.3 is 19.3 Å². The summed E-state index contributed by atoms with van der Waals surface area (Å²) in [6.07, 6.45) is 0. The van der Waals surface area contributed by atoms with E-state index < -0.39 is 17.7 Å². The molecule has 1 unspecified atom stereocenters. The van der Waals surface area contributed by atoms with E-state index >= 15 is 0 Å². The molecule has 0 aromatic heterocycles. The molecule has 0 bridgehead atoms. The van der Waals surface area contributed by atoms with Gasteiger partial charge in [0.2, 0.25) is 0 Å². The Morgan fingerprint density at radius 1 is 0.838 bits per heavy atom. The summed E-state index contributed by atoms with van der Waals surface area (Å²) < 4.78 is 17.1. The summed E-state index contributed by atoms with van der Waals surface area (Å²) in [6, 6.07) is 18.7. The highest BCUT2D eigenvalue weighted by Gasteiger charge is 2.47. The van der Waals surface area contributed by atoms with Crippen LogP contribution in [0.25, 0.3) is 5.76 Å². The molecule has 1 saturated heterocycles. The van der Waals surface area contributed by atoms with Crippen LogP contribution in [0.15, 0.2) is 72.3 Å². The van der Waals surface area contributed by atoms with Gasteiger partial charge in [0.1, 0.15) is 23.0 Å². The molecule has 1 atom stereocenters. The minimum Gasteiger partial charge on any atom is -0.507 e. The lowest BCUT2D eigenvalue weighted by Gasteiger charge is -2.27. The van der Waals surface area contributed by atoms with Crippen LogP contribution in [-0.4, -0.2) is 36.6 Å². The molecule has 7 heteroatoms. The number of ketones is 1. The first kappa shape index (κ1) is 25.8. The van der Waals surface area contributed by atoms with Crippen LogP contribution in [0.2, 0.25) is 0 Å². The number of ether oxygens (including phenoxy) is 3. The van der Waals surface area contributed by atoms with E-state index in [-0.39, 0.29) is 11.3 Å². The standard InChI is InChI=1S/C30H31NO6/c1-5-35-21-13-10-12-20(17-21)27-26(29(33)30(34)31(27)24-14-9-8-11-19(24)4)28(32)23-16-15-22(36-6-2)18-25(23)37-7-3/h8-18,27,32H,5-7H2,1-4H3/b28-26+. The van der Waals surface area contributed by atoms with E-state index in [9.17, 15) is 14.7 Å². The molecule has 0 saturated carbocycles. The topological polar surface area (TPSA) is 85.3 Å². The first-order valence-electron chi connectivity index (χ1n) is 12.4. The third-order valence-electron chi connectivity index (χ3n) is 6.12. The lowest BCUT2D eigenvalue weighted by Crippen LogP contribution is -2.30. The molecule has 3 aromatic carbocycles. The van der Waals surface area contributed by atoms with Crippen molar-refractivity contribution in [3.63, 3.8) is 0 Å². The molecule has 3 aromatic rings. The van der Waals surface area contributed by atoms with Crippen molar-refractivity contribution in [2.45, 2.75) is 33.7 Å². The second kappa shape index (κ2) is 11.2. The fraction of sp³-hybridized carbons (Fsp3) is 0.267. The van der Waals surface area contributed by atoms with Gasteiger partial charge in [-0.1, -0.05) is 30.3 Å². The smallest absolute Gasteiger partial charge is 0.300 e. The van der Waals surface area contributed by atoms with Gasteiger partial charge in [-0.15, -0.1) is 0 Å². The largest absolute Gasteiger partial charge is 0.507 e. The Kier molecular flexibility index (Phi) is 7.82. The molecule has 4 rings (SSSR count). The first-order valence-corrected chi connectivity index (χ1v) is 12.4. The van der Waals surface area contributed by atoms with Crippen molar-refractivity contribution in [3.8, 4) is 17.2 Å². The number of anilines is 1. The zero-order valence-electron chi connectivity index (χ0n) is 21.5. The maximum Gasteiger partial charge on any atom is 0.300 e. The minimum atomic E-state index is -0.873. The third-order valence-corrected chi connectivity index (χ3v) is 6.12. The summed E-state index contributed by atoms with van der Waals surface area (Å²) in [5, 5.41) is 11.6. The Labute approximate surface area is 216 Å². The molecule has 37 heavy (non-hydrogen) atoms. The molecule has 1 aliphatic rings. The second-order valence-electron chi connectivity index (χ2n) is 8.49. The highest BCUT2D eigenvalue weighted by atomic mass is 16.5. The monoisotopic (exact) mass is 501 g/mol. The number of carbonyl (C=O) groups excluding carboxylic acids is 2. The molecule has 1 heterocycles. The predicted molar refractivity (Wildman–Crippen MR) is 142 cm³/mol. The molecule has 0 radical (unpaired) electrons. The Balaban J connectivity index is 1.96. The van der Waals surface area contributed by atoms with Gasteiger partial charge in [0.15, 0.2) is 0 Å². The van der Waals surface area contributed by atoms with Crippen LogP contribution in [-0.2, 0) is 9.59 Å². The molecule has 192 valence electrons.